The molecule has 0 unspecified atom stereocenters. The second-order valence-electron chi connectivity index (χ2n) is 6.70. The van der Waals surface area contributed by atoms with Crippen LogP contribution < -0.4 is 4.72 Å². The quantitative estimate of drug-likeness (QED) is 0.630. The van der Waals surface area contributed by atoms with Crippen molar-refractivity contribution in [1.29, 1.82) is 0 Å². The van der Waals surface area contributed by atoms with Gasteiger partial charge in [-0.2, -0.15) is 0 Å². The molecule has 0 spiro atoms. The largest absolute Gasteiger partial charge is 0.242 e. The Hall–Kier alpha value is -1.23. The molecular formula is C20H24BrNOS. The SMILES string of the molecule is C=C[C@@H](c1ccccc1)[C@H](N[S@@](=O)C(C)(C)C)c1ccc(Br)cc1. The van der Waals surface area contributed by atoms with Gasteiger partial charge in [0.25, 0.3) is 0 Å². The van der Waals surface area contributed by atoms with Crippen molar-refractivity contribution < 1.29 is 4.21 Å². The molecule has 2 rings (SSSR count). The van der Waals surface area contributed by atoms with Gasteiger partial charge in [0.15, 0.2) is 0 Å². The first-order valence-electron chi connectivity index (χ1n) is 7.94. The highest BCUT2D eigenvalue weighted by Gasteiger charge is 2.28. The van der Waals surface area contributed by atoms with Crippen LogP contribution in [0.15, 0.2) is 71.7 Å². The lowest BCUT2D eigenvalue weighted by Gasteiger charge is -2.29. The van der Waals surface area contributed by atoms with Crippen LogP contribution in [-0.2, 0) is 11.0 Å². The minimum Gasteiger partial charge on any atom is -0.242 e. The molecule has 0 radical (unpaired) electrons. The van der Waals surface area contributed by atoms with Crippen molar-refractivity contribution >= 4 is 26.9 Å². The van der Waals surface area contributed by atoms with Gasteiger partial charge < -0.3 is 0 Å². The fourth-order valence-corrected chi connectivity index (χ4v) is 3.58. The molecule has 0 aliphatic carbocycles. The van der Waals surface area contributed by atoms with E-state index >= 15 is 0 Å². The van der Waals surface area contributed by atoms with E-state index in [1.165, 1.54) is 0 Å². The van der Waals surface area contributed by atoms with E-state index in [2.05, 4.69) is 51.5 Å². The van der Waals surface area contributed by atoms with Gasteiger partial charge in [0.2, 0.25) is 0 Å². The molecule has 0 aliphatic rings. The van der Waals surface area contributed by atoms with Crippen LogP contribution in [0.2, 0.25) is 0 Å². The first-order chi connectivity index (χ1) is 11.3. The molecule has 0 saturated heterocycles. The summed E-state index contributed by atoms with van der Waals surface area (Å²) in [6, 6.07) is 18.2. The highest BCUT2D eigenvalue weighted by Crippen LogP contribution is 2.33. The van der Waals surface area contributed by atoms with Crippen molar-refractivity contribution in [1.82, 2.24) is 4.72 Å². The van der Waals surface area contributed by atoms with Crippen LogP contribution in [0.4, 0.5) is 0 Å². The van der Waals surface area contributed by atoms with Gasteiger partial charge >= 0.3 is 0 Å². The highest BCUT2D eigenvalue weighted by molar-refractivity contribution is 9.10. The summed E-state index contributed by atoms with van der Waals surface area (Å²) in [6.45, 7) is 9.94. The number of hydrogen-bond donors (Lipinski definition) is 1. The van der Waals surface area contributed by atoms with Crippen LogP contribution in [0.3, 0.4) is 0 Å². The normalized spacial score (nSPS) is 15.5. The number of hydrogen-bond acceptors (Lipinski definition) is 1. The van der Waals surface area contributed by atoms with E-state index in [-0.39, 0.29) is 16.7 Å². The van der Waals surface area contributed by atoms with Crippen LogP contribution >= 0.6 is 15.9 Å². The summed E-state index contributed by atoms with van der Waals surface area (Å²) in [7, 11) is -1.18. The van der Waals surface area contributed by atoms with Gasteiger partial charge in [0.1, 0.15) is 0 Å². The maximum Gasteiger partial charge on any atom is 0.0976 e. The molecule has 128 valence electrons. The zero-order valence-electron chi connectivity index (χ0n) is 14.3. The molecule has 0 bridgehead atoms. The average Bonchev–Trinajstić information content (AvgIpc) is 2.55. The van der Waals surface area contributed by atoms with Crippen molar-refractivity contribution in [3.63, 3.8) is 0 Å². The van der Waals surface area contributed by atoms with Crippen molar-refractivity contribution in [2.45, 2.75) is 37.5 Å². The van der Waals surface area contributed by atoms with Gasteiger partial charge in [-0.25, -0.2) is 8.93 Å². The van der Waals surface area contributed by atoms with Gasteiger partial charge in [-0.1, -0.05) is 64.5 Å². The maximum atomic E-state index is 12.7. The topological polar surface area (TPSA) is 29.1 Å². The lowest BCUT2D eigenvalue weighted by molar-refractivity contribution is 0.566. The Labute approximate surface area is 156 Å². The zero-order valence-corrected chi connectivity index (χ0v) is 16.7. The molecule has 2 nitrogen and oxygen atoms in total. The molecule has 2 aromatic rings. The molecule has 0 fully saturated rings. The van der Waals surface area contributed by atoms with E-state index in [1.807, 2.05) is 57.2 Å². The number of nitrogens with one attached hydrogen (secondary N) is 1. The van der Waals surface area contributed by atoms with Crippen molar-refractivity contribution in [3.05, 3.63) is 82.9 Å². The van der Waals surface area contributed by atoms with E-state index in [0.29, 0.717) is 0 Å². The van der Waals surface area contributed by atoms with E-state index < -0.39 is 11.0 Å². The van der Waals surface area contributed by atoms with E-state index in [9.17, 15) is 4.21 Å². The molecular weight excluding hydrogens is 382 g/mol. The maximum absolute atomic E-state index is 12.7. The van der Waals surface area contributed by atoms with Gasteiger partial charge in [-0.05, 0) is 44.0 Å². The molecule has 0 saturated carbocycles. The van der Waals surface area contributed by atoms with Gasteiger partial charge in [-0.15, -0.1) is 6.58 Å². The molecule has 0 aromatic heterocycles. The third-order valence-corrected chi connectivity index (χ3v) is 5.93. The van der Waals surface area contributed by atoms with Gasteiger partial charge in [0, 0.05) is 10.4 Å². The predicted octanol–water partition coefficient (Wildman–Crippen LogP) is 5.51. The average molecular weight is 406 g/mol. The molecule has 0 aliphatic heterocycles. The lowest BCUT2D eigenvalue weighted by atomic mass is 9.88. The summed E-state index contributed by atoms with van der Waals surface area (Å²) >= 11 is 3.48. The van der Waals surface area contributed by atoms with E-state index in [0.717, 1.165) is 15.6 Å². The van der Waals surface area contributed by atoms with Crippen LogP contribution in [0, 0.1) is 0 Å². The van der Waals surface area contributed by atoms with Crippen molar-refractivity contribution in [3.8, 4) is 0 Å². The summed E-state index contributed by atoms with van der Waals surface area (Å²) in [5.41, 5.74) is 2.24. The summed E-state index contributed by atoms with van der Waals surface area (Å²) in [5.74, 6) is 0.0266. The summed E-state index contributed by atoms with van der Waals surface area (Å²) in [6.07, 6.45) is 1.93. The monoisotopic (exact) mass is 405 g/mol. The van der Waals surface area contributed by atoms with Crippen LogP contribution in [0.5, 0.6) is 0 Å². The lowest BCUT2D eigenvalue weighted by Crippen LogP contribution is -2.37. The van der Waals surface area contributed by atoms with E-state index in [4.69, 9.17) is 0 Å². The highest BCUT2D eigenvalue weighted by atomic mass is 79.9. The molecule has 2 aromatic carbocycles. The van der Waals surface area contributed by atoms with Crippen molar-refractivity contribution in [2.75, 3.05) is 0 Å². The van der Waals surface area contributed by atoms with Crippen molar-refractivity contribution in [2.24, 2.45) is 0 Å². The first-order valence-corrected chi connectivity index (χ1v) is 9.88. The van der Waals surface area contributed by atoms with Crippen LogP contribution in [0.25, 0.3) is 0 Å². The second kappa shape index (κ2) is 8.24. The predicted molar refractivity (Wildman–Crippen MR) is 107 cm³/mol. The Kier molecular flexibility index (Phi) is 6.55. The minimum atomic E-state index is -1.18. The smallest absolute Gasteiger partial charge is 0.0976 e. The van der Waals surface area contributed by atoms with E-state index in [1.54, 1.807) is 0 Å². The molecule has 4 heteroatoms. The minimum absolute atomic E-state index is 0.0266. The Bertz CT molecular complexity index is 692. The zero-order chi connectivity index (χ0) is 17.7. The Morgan fingerprint density at radius 1 is 1.04 bits per heavy atom. The standard InChI is InChI=1S/C20H24BrNOS/c1-5-18(15-9-7-6-8-10-15)19(22-24(23)20(2,3)4)16-11-13-17(21)14-12-16/h5-14,18-19,22H,1H2,2-4H3/t18-,19+,24-/m0/s1. The molecule has 0 heterocycles. The first kappa shape index (κ1) is 19.1. The summed E-state index contributed by atoms with van der Waals surface area (Å²) < 4.78 is 16.7. The van der Waals surface area contributed by atoms with Crippen LogP contribution in [0.1, 0.15) is 43.9 Å². The Morgan fingerprint density at radius 3 is 2.12 bits per heavy atom. The summed E-state index contributed by atoms with van der Waals surface area (Å²) in [5, 5.41) is 0. The number of benzene rings is 2. The third-order valence-electron chi connectivity index (χ3n) is 3.82. The number of rotatable bonds is 6. The fraction of sp³-hybridized carbons (Fsp3) is 0.300. The molecule has 0 amide bonds. The van der Waals surface area contributed by atoms with Gasteiger partial charge in [0.05, 0.1) is 21.8 Å². The Morgan fingerprint density at radius 2 is 1.62 bits per heavy atom. The van der Waals surface area contributed by atoms with Gasteiger partial charge in [-0.3, -0.25) is 0 Å². The third kappa shape index (κ3) is 4.88. The number of halogens is 1. The molecule has 1 N–H and O–H groups in total. The second-order valence-corrected chi connectivity index (χ2v) is 9.61. The van der Waals surface area contributed by atoms with Crippen LogP contribution in [-0.4, -0.2) is 8.96 Å². The molecule has 3 atom stereocenters. The summed E-state index contributed by atoms with van der Waals surface area (Å²) in [4.78, 5) is 0. The molecule has 24 heavy (non-hydrogen) atoms. The Balaban J connectivity index is 2.43. The fourth-order valence-electron chi connectivity index (χ4n) is 2.45.